The number of sulfonamides is 1. The van der Waals surface area contributed by atoms with Crippen LogP contribution in [0.3, 0.4) is 0 Å². The van der Waals surface area contributed by atoms with Crippen LogP contribution in [0, 0.1) is 0 Å². The molecule has 0 saturated heterocycles. The Hall–Kier alpha value is -0.430. The van der Waals surface area contributed by atoms with Gasteiger partial charge in [0, 0.05) is 18.6 Å². The van der Waals surface area contributed by atoms with Crippen molar-refractivity contribution in [3.05, 3.63) is 17.0 Å². The molecule has 1 fully saturated rings. The number of hydrogen-bond acceptors (Lipinski definition) is 4. The van der Waals surface area contributed by atoms with Crippen molar-refractivity contribution in [2.75, 3.05) is 0 Å². The van der Waals surface area contributed by atoms with Crippen LogP contribution in [0.2, 0.25) is 0 Å². The van der Waals surface area contributed by atoms with Gasteiger partial charge in [-0.3, -0.25) is 0 Å². The van der Waals surface area contributed by atoms with Gasteiger partial charge in [0.1, 0.15) is 4.21 Å². The van der Waals surface area contributed by atoms with Crippen LogP contribution in [0.5, 0.6) is 0 Å². The van der Waals surface area contributed by atoms with Crippen LogP contribution in [0.4, 0.5) is 0 Å². The molecule has 6 heteroatoms. The van der Waals surface area contributed by atoms with Gasteiger partial charge in [0.05, 0.1) is 0 Å². The lowest BCUT2D eigenvalue weighted by Crippen LogP contribution is -2.39. The molecule has 1 aromatic heterocycles. The van der Waals surface area contributed by atoms with Gasteiger partial charge in [-0.2, -0.15) is 0 Å². The molecule has 0 radical (unpaired) electrons. The van der Waals surface area contributed by atoms with E-state index in [1.54, 1.807) is 6.07 Å². The summed E-state index contributed by atoms with van der Waals surface area (Å²) >= 11 is 1.29. The molecule has 1 aliphatic rings. The molecule has 0 aliphatic heterocycles. The molecule has 0 aromatic carbocycles. The van der Waals surface area contributed by atoms with Crippen LogP contribution >= 0.6 is 11.3 Å². The predicted molar refractivity (Wildman–Crippen MR) is 74.3 cm³/mol. The van der Waals surface area contributed by atoms with E-state index < -0.39 is 10.0 Å². The monoisotopic (exact) mass is 288 g/mol. The molecule has 2 N–H and O–H groups in total. The lowest BCUT2D eigenvalue weighted by Gasteiger charge is -2.25. The van der Waals surface area contributed by atoms with E-state index in [2.05, 4.69) is 23.9 Å². The molecule has 0 spiro atoms. The third-order valence-electron chi connectivity index (χ3n) is 3.04. The SMILES string of the molecule is CC(C)NCc1csc(S(=O)(=O)NC2CCC2)c1. The van der Waals surface area contributed by atoms with Crippen molar-refractivity contribution in [2.45, 2.75) is 55.9 Å². The van der Waals surface area contributed by atoms with Gasteiger partial charge in [-0.05, 0) is 29.9 Å². The zero-order valence-corrected chi connectivity index (χ0v) is 12.4. The first kappa shape index (κ1) is 14.0. The highest BCUT2D eigenvalue weighted by atomic mass is 32.2. The molecule has 4 nitrogen and oxygen atoms in total. The highest BCUT2D eigenvalue weighted by Crippen LogP contribution is 2.24. The van der Waals surface area contributed by atoms with Crippen LogP contribution < -0.4 is 10.0 Å². The van der Waals surface area contributed by atoms with E-state index >= 15 is 0 Å². The van der Waals surface area contributed by atoms with Crippen LogP contribution in [0.1, 0.15) is 38.7 Å². The molecule has 0 amide bonds. The molecule has 18 heavy (non-hydrogen) atoms. The lowest BCUT2D eigenvalue weighted by molar-refractivity contribution is 0.384. The Kier molecular flexibility index (Phi) is 4.42. The minimum Gasteiger partial charge on any atom is -0.310 e. The van der Waals surface area contributed by atoms with E-state index in [4.69, 9.17) is 0 Å². The van der Waals surface area contributed by atoms with E-state index in [0.29, 0.717) is 16.8 Å². The smallest absolute Gasteiger partial charge is 0.250 e. The second-order valence-corrected chi connectivity index (χ2v) is 7.91. The second-order valence-electron chi connectivity index (χ2n) is 5.06. The van der Waals surface area contributed by atoms with Crippen molar-refractivity contribution >= 4 is 21.4 Å². The molecule has 1 heterocycles. The Morgan fingerprint density at radius 1 is 1.44 bits per heavy atom. The first-order valence-electron chi connectivity index (χ1n) is 6.30. The minimum absolute atomic E-state index is 0.148. The number of nitrogens with one attached hydrogen (secondary N) is 2. The summed E-state index contributed by atoms with van der Waals surface area (Å²) in [5, 5.41) is 5.19. The van der Waals surface area contributed by atoms with Gasteiger partial charge in [0.15, 0.2) is 0 Å². The average molecular weight is 288 g/mol. The van der Waals surface area contributed by atoms with Gasteiger partial charge in [-0.15, -0.1) is 11.3 Å². The van der Waals surface area contributed by atoms with Gasteiger partial charge in [-0.1, -0.05) is 20.3 Å². The quantitative estimate of drug-likeness (QED) is 0.842. The van der Waals surface area contributed by atoms with E-state index in [9.17, 15) is 8.42 Å². The summed E-state index contributed by atoms with van der Waals surface area (Å²) in [6, 6.07) is 2.31. The zero-order valence-electron chi connectivity index (χ0n) is 10.8. The number of thiophene rings is 1. The lowest BCUT2D eigenvalue weighted by atomic mass is 9.94. The van der Waals surface area contributed by atoms with E-state index in [0.717, 1.165) is 24.8 Å². The largest absolute Gasteiger partial charge is 0.310 e. The summed E-state index contributed by atoms with van der Waals surface area (Å²) in [5.74, 6) is 0. The number of hydrogen-bond donors (Lipinski definition) is 2. The summed E-state index contributed by atoms with van der Waals surface area (Å²) in [6.07, 6.45) is 3.06. The van der Waals surface area contributed by atoms with Crippen molar-refractivity contribution in [1.82, 2.24) is 10.0 Å². The Labute approximate surface area is 113 Å². The predicted octanol–water partition coefficient (Wildman–Crippen LogP) is 2.08. The fourth-order valence-electron chi connectivity index (χ4n) is 1.71. The van der Waals surface area contributed by atoms with Crippen LogP contribution in [-0.2, 0) is 16.6 Å². The minimum atomic E-state index is -3.30. The average Bonchev–Trinajstić information content (AvgIpc) is 2.70. The summed E-state index contributed by atoms with van der Waals surface area (Å²) in [4.78, 5) is 0. The first-order valence-corrected chi connectivity index (χ1v) is 8.67. The normalized spacial score (nSPS) is 17.1. The molecule has 102 valence electrons. The van der Waals surface area contributed by atoms with Crippen LogP contribution in [0.25, 0.3) is 0 Å². The molecule has 1 saturated carbocycles. The zero-order chi connectivity index (χ0) is 13.2. The van der Waals surface area contributed by atoms with Gasteiger partial charge in [-0.25, -0.2) is 13.1 Å². The Morgan fingerprint density at radius 2 is 2.17 bits per heavy atom. The van der Waals surface area contributed by atoms with Crippen LogP contribution in [-0.4, -0.2) is 20.5 Å². The molecule has 0 unspecified atom stereocenters. The molecule has 1 aromatic rings. The molecule has 1 aliphatic carbocycles. The Morgan fingerprint density at radius 3 is 2.72 bits per heavy atom. The fraction of sp³-hybridized carbons (Fsp3) is 0.667. The molecule has 2 rings (SSSR count). The van der Waals surface area contributed by atoms with E-state index in [1.165, 1.54) is 11.3 Å². The van der Waals surface area contributed by atoms with Gasteiger partial charge in [0.2, 0.25) is 10.0 Å². The standard InChI is InChI=1S/C12H20N2O2S2/c1-9(2)13-7-10-6-12(17-8-10)18(15,16)14-11-4-3-5-11/h6,8-9,11,13-14H,3-5,7H2,1-2H3. The molecule has 0 bridgehead atoms. The van der Waals surface area contributed by atoms with Crippen molar-refractivity contribution in [1.29, 1.82) is 0 Å². The molecular formula is C12H20N2O2S2. The highest BCUT2D eigenvalue weighted by Gasteiger charge is 2.25. The first-order chi connectivity index (χ1) is 8.47. The Balaban J connectivity index is 1.99. The maximum absolute atomic E-state index is 12.1. The van der Waals surface area contributed by atoms with Crippen molar-refractivity contribution in [3.63, 3.8) is 0 Å². The second kappa shape index (κ2) is 5.69. The molecular weight excluding hydrogens is 268 g/mol. The maximum atomic E-state index is 12.1. The summed E-state index contributed by atoms with van der Waals surface area (Å²) in [6.45, 7) is 4.86. The highest BCUT2D eigenvalue weighted by molar-refractivity contribution is 7.91. The topological polar surface area (TPSA) is 58.2 Å². The van der Waals surface area contributed by atoms with E-state index in [1.807, 2.05) is 5.38 Å². The van der Waals surface area contributed by atoms with Crippen LogP contribution in [0.15, 0.2) is 15.7 Å². The van der Waals surface area contributed by atoms with Gasteiger partial charge in [0.25, 0.3) is 0 Å². The third kappa shape index (κ3) is 3.54. The maximum Gasteiger partial charge on any atom is 0.250 e. The molecule has 0 atom stereocenters. The fourth-order valence-corrected chi connectivity index (χ4v) is 4.24. The van der Waals surface area contributed by atoms with Gasteiger partial charge >= 0.3 is 0 Å². The Bertz CT molecular complexity index is 490. The number of rotatable bonds is 6. The third-order valence-corrected chi connectivity index (χ3v) is 6.04. The van der Waals surface area contributed by atoms with E-state index in [-0.39, 0.29) is 6.04 Å². The van der Waals surface area contributed by atoms with Gasteiger partial charge < -0.3 is 5.32 Å². The summed E-state index contributed by atoms with van der Waals surface area (Å²) < 4.78 is 27.3. The van der Waals surface area contributed by atoms with Crippen molar-refractivity contribution < 1.29 is 8.42 Å². The summed E-state index contributed by atoms with van der Waals surface area (Å²) in [7, 11) is -3.30. The summed E-state index contributed by atoms with van der Waals surface area (Å²) in [5.41, 5.74) is 1.03. The van der Waals surface area contributed by atoms with Crippen molar-refractivity contribution in [3.8, 4) is 0 Å². The van der Waals surface area contributed by atoms with Crippen molar-refractivity contribution in [2.24, 2.45) is 0 Å².